The van der Waals surface area contributed by atoms with Gasteiger partial charge in [-0.15, -0.1) is 11.3 Å². The Hall–Kier alpha value is -3.25. The van der Waals surface area contributed by atoms with Crippen LogP contribution < -0.4 is 15.2 Å². The summed E-state index contributed by atoms with van der Waals surface area (Å²) >= 11 is 0.917. The third kappa shape index (κ3) is 3.70. The highest BCUT2D eigenvalue weighted by Crippen LogP contribution is 2.35. The molecule has 0 bridgehead atoms. The molecular formula is C17H16N2O6S. The first-order valence-corrected chi connectivity index (χ1v) is 8.07. The van der Waals surface area contributed by atoms with Crippen LogP contribution in [0.25, 0.3) is 0 Å². The molecule has 26 heavy (non-hydrogen) atoms. The molecule has 1 aromatic heterocycles. The van der Waals surface area contributed by atoms with Gasteiger partial charge in [0.1, 0.15) is 22.0 Å². The zero-order valence-corrected chi connectivity index (χ0v) is 15.1. The highest BCUT2D eigenvalue weighted by molar-refractivity contribution is 7.18. The molecule has 0 atom stereocenters. The molecule has 0 aliphatic heterocycles. The lowest BCUT2D eigenvalue weighted by molar-refractivity contribution is 0.0599. The first-order chi connectivity index (χ1) is 12.5. The molecular weight excluding hydrogens is 360 g/mol. The number of thiophene rings is 1. The number of hydrogen-bond acceptors (Lipinski definition) is 9. The van der Waals surface area contributed by atoms with Gasteiger partial charge >= 0.3 is 11.9 Å². The molecule has 0 fully saturated rings. The molecule has 1 aromatic carbocycles. The van der Waals surface area contributed by atoms with E-state index in [0.717, 1.165) is 11.3 Å². The molecule has 2 rings (SSSR count). The maximum Gasteiger partial charge on any atom is 0.348 e. The molecule has 0 radical (unpaired) electrons. The molecule has 0 unspecified atom stereocenters. The molecule has 0 aliphatic rings. The number of esters is 2. The lowest BCUT2D eigenvalue weighted by Gasteiger charge is -2.12. The summed E-state index contributed by atoms with van der Waals surface area (Å²) in [5, 5.41) is 9.07. The average molecular weight is 376 g/mol. The van der Waals surface area contributed by atoms with Gasteiger partial charge in [0.15, 0.2) is 11.5 Å². The summed E-state index contributed by atoms with van der Waals surface area (Å²) in [6.07, 6.45) is 0. The van der Waals surface area contributed by atoms with Gasteiger partial charge in [-0.3, -0.25) is 0 Å². The first-order valence-electron chi connectivity index (χ1n) is 7.25. The standard InChI is InChI=1S/C17H16N2O6S/c1-22-12-6-9(7-18)4-5-11(12)25-8-10-13(16(20)23-2)15(19)26-14(10)17(21)24-3/h4-6H,8,19H2,1-3H3. The largest absolute Gasteiger partial charge is 0.493 e. The second-order valence-electron chi connectivity index (χ2n) is 4.90. The SMILES string of the molecule is COC(=O)c1sc(N)c(C(=O)OC)c1COc1ccc(C#N)cc1OC. The van der Waals surface area contributed by atoms with Crippen molar-refractivity contribution in [3.05, 3.63) is 39.8 Å². The Morgan fingerprint density at radius 3 is 2.42 bits per heavy atom. The highest BCUT2D eigenvalue weighted by atomic mass is 32.1. The molecule has 0 amide bonds. The highest BCUT2D eigenvalue weighted by Gasteiger charge is 2.27. The number of ether oxygens (including phenoxy) is 4. The number of nitriles is 1. The van der Waals surface area contributed by atoms with Crippen molar-refractivity contribution < 1.29 is 28.5 Å². The maximum absolute atomic E-state index is 12.0. The van der Waals surface area contributed by atoms with E-state index in [-0.39, 0.29) is 27.6 Å². The van der Waals surface area contributed by atoms with Crippen LogP contribution in [0.15, 0.2) is 18.2 Å². The Bertz CT molecular complexity index is 884. The Kier molecular flexibility index (Phi) is 6.03. The fourth-order valence-electron chi connectivity index (χ4n) is 2.21. The van der Waals surface area contributed by atoms with Crippen LogP contribution in [0.4, 0.5) is 5.00 Å². The zero-order chi connectivity index (χ0) is 19.3. The van der Waals surface area contributed by atoms with E-state index in [4.69, 9.17) is 29.9 Å². The van der Waals surface area contributed by atoms with Crippen LogP contribution >= 0.6 is 11.3 Å². The molecule has 2 N–H and O–H groups in total. The molecule has 136 valence electrons. The van der Waals surface area contributed by atoms with Gasteiger partial charge in [-0.05, 0) is 12.1 Å². The number of anilines is 1. The number of carbonyl (C=O) groups excluding carboxylic acids is 2. The fraction of sp³-hybridized carbons (Fsp3) is 0.235. The number of benzene rings is 1. The molecule has 0 saturated carbocycles. The number of carbonyl (C=O) groups is 2. The van der Waals surface area contributed by atoms with Gasteiger partial charge in [0, 0.05) is 11.6 Å². The van der Waals surface area contributed by atoms with Gasteiger partial charge < -0.3 is 24.7 Å². The van der Waals surface area contributed by atoms with Crippen LogP contribution in [0.2, 0.25) is 0 Å². The summed E-state index contributed by atoms with van der Waals surface area (Å²) in [4.78, 5) is 24.2. The van der Waals surface area contributed by atoms with E-state index >= 15 is 0 Å². The molecule has 8 nitrogen and oxygen atoms in total. The van der Waals surface area contributed by atoms with Crippen LogP contribution in [0.3, 0.4) is 0 Å². The fourth-order valence-corrected chi connectivity index (χ4v) is 3.19. The summed E-state index contributed by atoms with van der Waals surface area (Å²) < 4.78 is 20.4. The quantitative estimate of drug-likeness (QED) is 0.763. The van der Waals surface area contributed by atoms with Crippen molar-refractivity contribution in [1.29, 1.82) is 5.26 Å². The van der Waals surface area contributed by atoms with E-state index in [1.165, 1.54) is 27.4 Å². The number of hydrogen-bond donors (Lipinski definition) is 1. The monoisotopic (exact) mass is 376 g/mol. The predicted molar refractivity (Wildman–Crippen MR) is 93.5 cm³/mol. The molecule has 2 aromatic rings. The first kappa shape index (κ1) is 19.1. The van der Waals surface area contributed by atoms with Crippen molar-refractivity contribution in [2.75, 3.05) is 27.1 Å². The minimum Gasteiger partial charge on any atom is -0.493 e. The normalized spacial score (nSPS) is 9.92. The Labute approximate surface area is 153 Å². The summed E-state index contributed by atoms with van der Waals surface area (Å²) in [7, 11) is 3.88. The van der Waals surface area contributed by atoms with Crippen LogP contribution in [-0.2, 0) is 16.1 Å². The molecule has 1 heterocycles. The van der Waals surface area contributed by atoms with E-state index in [1.807, 2.05) is 6.07 Å². The van der Waals surface area contributed by atoms with Crippen molar-refractivity contribution in [2.24, 2.45) is 0 Å². The molecule has 0 spiro atoms. The van der Waals surface area contributed by atoms with Gasteiger partial charge in [0.05, 0.1) is 33.0 Å². The van der Waals surface area contributed by atoms with Crippen molar-refractivity contribution in [1.82, 2.24) is 0 Å². The van der Waals surface area contributed by atoms with E-state index in [9.17, 15) is 9.59 Å². The predicted octanol–water partition coefficient (Wildman–Crippen LogP) is 2.36. The second-order valence-corrected chi connectivity index (χ2v) is 5.95. The van der Waals surface area contributed by atoms with Crippen LogP contribution in [-0.4, -0.2) is 33.3 Å². The molecule has 9 heteroatoms. The molecule has 0 aliphatic carbocycles. The number of rotatable bonds is 6. The molecule has 0 saturated heterocycles. The lowest BCUT2D eigenvalue weighted by Crippen LogP contribution is -2.11. The number of nitrogen functional groups attached to an aromatic ring is 1. The smallest absolute Gasteiger partial charge is 0.348 e. The average Bonchev–Trinajstić information content (AvgIpc) is 3.00. The summed E-state index contributed by atoms with van der Waals surface area (Å²) in [5.74, 6) is -0.643. The number of nitrogens with zero attached hydrogens (tertiary/aromatic N) is 1. The van der Waals surface area contributed by atoms with Crippen LogP contribution in [0, 0.1) is 11.3 Å². The Morgan fingerprint density at radius 2 is 1.85 bits per heavy atom. The number of nitrogens with two attached hydrogens (primary N) is 1. The summed E-state index contributed by atoms with van der Waals surface area (Å²) in [6, 6.07) is 6.63. The van der Waals surface area contributed by atoms with E-state index in [0.29, 0.717) is 17.1 Å². The number of methoxy groups -OCH3 is 3. The van der Waals surface area contributed by atoms with Crippen LogP contribution in [0.1, 0.15) is 31.2 Å². The van der Waals surface area contributed by atoms with Crippen molar-refractivity contribution >= 4 is 28.3 Å². The van der Waals surface area contributed by atoms with Gasteiger partial charge in [-0.25, -0.2) is 9.59 Å². The topological polar surface area (TPSA) is 121 Å². The minimum absolute atomic E-state index is 0.0607. The van der Waals surface area contributed by atoms with E-state index < -0.39 is 11.9 Å². The van der Waals surface area contributed by atoms with Crippen molar-refractivity contribution in [2.45, 2.75) is 6.61 Å². The lowest BCUT2D eigenvalue weighted by atomic mass is 10.1. The van der Waals surface area contributed by atoms with Gasteiger partial charge in [0.25, 0.3) is 0 Å². The third-order valence-corrected chi connectivity index (χ3v) is 4.50. The Balaban J connectivity index is 2.41. The van der Waals surface area contributed by atoms with Crippen molar-refractivity contribution in [3.63, 3.8) is 0 Å². The van der Waals surface area contributed by atoms with Gasteiger partial charge in [-0.1, -0.05) is 0 Å². The van der Waals surface area contributed by atoms with Gasteiger partial charge in [0.2, 0.25) is 0 Å². The van der Waals surface area contributed by atoms with Crippen LogP contribution in [0.5, 0.6) is 11.5 Å². The second kappa shape index (κ2) is 8.22. The van der Waals surface area contributed by atoms with Crippen molar-refractivity contribution in [3.8, 4) is 17.6 Å². The van der Waals surface area contributed by atoms with E-state index in [1.54, 1.807) is 12.1 Å². The summed E-state index contributed by atoms with van der Waals surface area (Å²) in [5.41, 5.74) is 6.59. The van der Waals surface area contributed by atoms with E-state index in [2.05, 4.69) is 0 Å². The van der Waals surface area contributed by atoms with Gasteiger partial charge in [-0.2, -0.15) is 5.26 Å². The zero-order valence-electron chi connectivity index (χ0n) is 14.3. The summed E-state index contributed by atoms with van der Waals surface area (Å²) in [6.45, 7) is -0.148. The minimum atomic E-state index is -0.681. The maximum atomic E-state index is 12.0. The third-order valence-electron chi connectivity index (χ3n) is 3.46. The Morgan fingerprint density at radius 1 is 1.15 bits per heavy atom.